The molecule has 7 heteroatoms. The normalized spacial score (nSPS) is 24.0. The molecule has 22 heavy (non-hydrogen) atoms. The Balaban J connectivity index is 1.51. The van der Waals surface area contributed by atoms with Gasteiger partial charge in [-0.05, 0) is 18.6 Å². The smallest absolute Gasteiger partial charge is 0.338 e. The Morgan fingerprint density at radius 1 is 1.27 bits per heavy atom. The zero-order valence-corrected chi connectivity index (χ0v) is 11.9. The first-order valence-corrected chi connectivity index (χ1v) is 7.29. The van der Waals surface area contributed by atoms with Crippen LogP contribution in [-0.4, -0.2) is 40.4 Å². The second-order valence-electron chi connectivity index (χ2n) is 5.65. The van der Waals surface area contributed by atoms with E-state index >= 15 is 0 Å². The molecular weight excluding hydrogens is 288 g/mol. The molecule has 1 saturated heterocycles. The number of carbonyl (C=O) groups is 2. The number of likely N-dealkylation sites (tertiary alicyclic amines) is 1. The van der Waals surface area contributed by atoms with Gasteiger partial charge in [0.05, 0.1) is 10.5 Å². The fourth-order valence-electron chi connectivity index (χ4n) is 2.88. The number of nitro benzene ring substituents is 1. The number of benzene rings is 1. The van der Waals surface area contributed by atoms with Crippen molar-refractivity contribution in [3.05, 3.63) is 39.9 Å². The first-order valence-electron chi connectivity index (χ1n) is 7.29. The molecule has 2 aliphatic rings. The van der Waals surface area contributed by atoms with Crippen molar-refractivity contribution < 1.29 is 19.2 Å². The summed E-state index contributed by atoms with van der Waals surface area (Å²) in [5.41, 5.74) is 0.235. The number of nitrogens with zero attached hydrogens (tertiary/aromatic N) is 2. The van der Waals surface area contributed by atoms with Crippen LogP contribution < -0.4 is 0 Å². The van der Waals surface area contributed by atoms with E-state index in [1.807, 2.05) is 4.90 Å². The molecule has 1 amide bonds. The van der Waals surface area contributed by atoms with Crippen LogP contribution in [0.15, 0.2) is 24.3 Å². The SMILES string of the molecule is O=C(OC1CC(N2CCCC2=O)C1)c1ccc([N+](=O)[O-])cc1. The van der Waals surface area contributed by atoms with Crippen molar-refractivity contribution in [3.63, 3.8) is 0 Å². The first kappa shape index (κ1) is 14.5. The van der Waals surface area contributed by atoms with E-state index in [1.54, 1.807) is 0 Å². The molecule has 0 radical (unpaired) electrons. The third-order valence-corrected chi connectivity index (χ3v) is 4.21. The molecule has 3 rings (SSSR count). The summed E-state index contributed by atoms with van der Waals surface area (Å²) in [5, 5.41) is 10.6. The zero-order valence-electron chi connectivity index (χ0n) is 11.9. The van der Waals surface area contributed by atoms with Gasteiger partial charge in [-0.3, -0.25) is 14.9 Å². The molecule has 1 heterocycles. The number of hydrogen-bond donors (Lipinski definition) is 0. The van der Waals surface area contributed by atoms with E-state index in [1.165, 1.54) is 24.3 Å². The van der Waals surface area contributed by atoms with Crippen LogP contribution in [0.4, 0.5) is 5.69 Å². The van der Waals surface area contributed by atoms with Gasteiger partial charge in [0.25, 0.3) is 5.69 Å². The summed E-state index contributed by atoms with van der Waals surface area (Å²) >= 11 is 0. The summed E-state index contributed by atoms with van der Waals surface area (Å²) in [6, 6.07) is 5.53. The summed E-state index contributed by atoms with van der Waals surface area (Å²) in [4.78, 5) is 35.5. The van der Waals surface area contributed by atoms with Gasteiger partial charge in [0.15, 0.2) is 0 Å². The molecule has 1 saturated carbocycles. The average molecular weight is 304 g/mol. The van der Waals surface area contributed by atoms with Gasteiger partial charge in [-0.15, -0.1) is 0 Å². The fourth-order valence-corrected chi connectivity index (χ4v) is 2.88. The van der Waals surface area contributed by atoms with Crippen molar-refractivity contribution in [3.8, 4) is 0 Å². The molecule has 0 spiro atoms. The molecule has 1 aliphatic heterocycles. The van der Waals surface area contributed by atoms with Crippen molar-refractivity contribution >= 4 is 17.6 Å². The van der Waals surface area contributed by atoms with Crippen molar-refractivity contribution in [2.45, 2.75) is 37.8 Å². The van der Waals surface area contributed by atoms with Gasteiger partial charge in [-0.1, -0.05) is 0 Å². The Kier molecular flexibility index (Phi) is 3.79. The van der Waals surface area contributed by atoms with Gasteiger partial charge in [-0.2, -0.15) is 0 Å². The van der Waals surface area contributed by atoms with Crippen molar-refractivity contribution in [1.29, 1.82) is 0 Å². The third kappa shape index (κ3) is 2.79. The summed E-state index contributed by atoms with van der Waals surface area (Å²) in [5.74, 6) is -0.295. The second kappa shape index (κ2) is 5.75. The van der Waals surface area contributed by atoms with Crippen LogP contribution in [0.25, 0.3) is 0 Å². The van der Waals surface area contributed by atoms with Gasteiger partial charge < -0.3 is 9.64 Å². The largest absolute Gasteiger partial charge is 0.459 e. The lowest BCUT2D eigenvalue weighted by atomic mass is 9.88. The first-order chi connectivity index (χ1) is 10.5. The van der Waals surface area contributed by atoms with Gasteiger partial charge in [0.2, 0.25) is 5.91 Å². The summed E-state index contributed by atoms with van der Waals surface area (Å²) in [7, 11) is 0. The molecule has 116 valence electrons. The van der Waals surface area contributed by atoms with E-state index < -0.39 is 10.9 Å². The predicted octanol–water partition coefficient (Wildman–Crippen LogP) is 1.90. The number of amides is 1. The van der Waals surface area contributed by atoms with Gasteiger partial charge in [0, 0.05) is 44.0 Å². The van der Waals surface area contributed by atoms with E-state index in [0.717, 1.165) is 13.0 Å². The Hall–Kier alpha value is -2.44. The lowest BCUT2D eigenvalue weighted by Crippen LogP contribution is -2.49. The lowest BCUT2D eigenvalue weighted by Gasteiger charge is -2.40. The zero-order chi connectivity index (χ0) is 15.7. The van der Waals surface area contributed by atoms with Crippen LogP contribution in [0.3, 0.4) is 0 Å². The Morgan fingerprint density at radius 2 is 1.95 bits per heavy atom. The van der Waals surface area contributed by atoms with Crippen molar-refractivity contribution in [1.82, 2.24) is 4.90 Å². The Bertz CT molecular complexity index is 607. The summed E-state index contributed by atoms with van der Waals surface area (Å²) in [6.07, 6.45) is 2.68. The Morgan fingerprint density at radius 3 is 2.50 bits per heavy atom. The van der Waals surface area contributed by atoms with Crippen LogP contribution in [0.2, 0.25) is 0 Å². The average Bonchev–Trinajstić information content (AvgIpc) is 2.88. The number of hydrogen-bond acceptors (Lipinski definition) is 5. The highest BCUT2D eigenvalue weighted by Gasteiger charge is 2.39. The van der Waals surface area contributed by atoms with Crippen LogP contribution >= 0.6 is 0 Å². The second-order valence-corrected chi connectivity index (χ2v) is 5.65. The lowest BCUT2D eigenvalue weighted by molar-refractivity contribution is -0.384. The number of carbonyl (C=O) groups excluding carboxylic acids is 2. The van der Waals surface area contributed by atoms with Gasteiger partial charge in [-0.25, -0.2) is 4.79 Å². The van der Waals surface area contributed by atoms with Gasteiger partial charge in [0.1, 0.15) is 6.10 Å². The highest BCUT2D eigenvalue weighted by atomic mass is 16.6. The van der Waals surface area contributed by atoms with E-state index in [9.17, 15) is 19.7 Å². The van der Waals surface area contributed by atoms with Crippen molar-refractivity contribution in [2.24, 2.45) is 0 Å². The van der Waals surface area contributed by atoms with Crippen LogP contribution in [0.1, 0.15) is 36.0 Å². The maximum atomic E-state index is 11.9. The van der Waals surface area contributed by atoms with Crippen LogP contribution in [0.5, 0.6) is 0 Å². The third-order valence-electron chi connectivity index (χ3n) is 4.21. The number of ether oxygens (including phenoxy) is 1. The highest BCUT2D eigenvalue weighted by molar-refractivity contribution is 5.89. The summed E-state index contributed by atoms with van der Waals surface area (Å²) < 4.78 is 5.35. The number of esters is 1. The van der Waals surface area contributed by atoms with E-state index in [4.69, 9.17) is 4.74 Å². The molecule has 1 aromatic rings. The van der Waals surface area contributed by atoms with E-state index in [0.29, 0.717) is 24.8 Å². The molecule has 0 N–H and O–H groups in total. The minimum absolute atomic E-state index is 0.0622. The van der Waals surface area contributed by atoms with E-state index in [2.05, 4.69) is 0 Å². The minimum atomic E-state index is -0.515. The van der Waals surface area contributed by atoms with Gasteiger partial charge >= 0.3 is 5.97 Å². The molecule has 2 fully saturated rings. The summed E-state index contributed by atoms with van der Waals surface area (Å²) in [6.45, 7) is 0.798. The maximum Gasteiger partial charge on any atom is 0.338 e. The quantitative estimate of drug-likeness (QED) is 0.481. The van der Waals surface area contributed by atoms with Crippen LogP contribution in [0, 0.1) is 10.1 Å². The van der Waals surface area contributed by atoms with Crippen molar-refractivity contribution in [2.75, 3.05) is 6.54 Å². The number of rotatable bonds is 4. The minimum Gasteiger partial charge on any atom is -0.459 e. The molecule has 0 aromatic heterocycles. The molecule has 1 aliphatic carbocycles. The van der Waals surface area contributed by atoms with Crippen LogP contribution in [-0.2, 0) is 9.53 Å². The number of nitro groups is 1. The Labute approximate surface area is 127 Å². The highest BCUT2D eigenvalue weighted by Crippen LogP contribution is 2.31. The maximum absolute atomic E-state index is 11.9. The van der Waals surface area contributed by atoms with E-state index in [-0.39, 0.29) is 23.7 Å². The fraction of sp³-hybridized carbons (Fsp3) is 0.467. The molecule has 1 aromatic carbocycles. The molecule has 0 unspecified atom stereocenters. The molecular formula is C15H16N2O5. The molecule has 0 bridgehead atoms. The standard InChI is InChI=1S/C15H16N2O5/c18-14-2-1-7-16(14)12-8-13(9-12)22-15(19)10-3-5-11(6-4-10)17(20)21/h3-6,12-13H,1-2,7-9H2. The monoisotopic (exact) mass is 304 g/mol. The molecule has 0 atom stereocenters. The topological polar surface area (TPSA) is 89.8 Å². The number of non-ortho nitro benzene ring substituents is 1. The molecule has 7 nitrogen and oxygen atoms in total. The predicted molar refractivity (Wildman–Crippen MR) is 76.3 cm³/mol.